The number of rotatable bonds is 5. The van der Waals surface area contributed by atoms with E-state index in [2.05, 4.69) is 25.8 Å². The number of hydrogen-bond acceptors (Lipinski definition) is 3. The Kier molecular flexibility index (Phi) is 4.61. The van der Waals surface area contributed by atoms with E-state index in [9.17, 15) is 8.42 Å². The molecule has 2 aromatic carbocycles. The molecule has 23 heavy (non-hydrogen) atoms. The van der Waals surface area contributed by atoms with Crippen LogP contribution in [-0.2, 0) is 16.6 Å². The zero-order chi connectivity index (χ0) is 16.3. The minimum atomic E-state index is -3.59. The maximum atomic E-state index is 12.3. The van der Waals surface area contributed by atoms with Crippen molar-refractivity contribution in [2.24, 2.45) is 0 Å². The summed E-state index contributed by atoms with van der Waals surface area (Å²) in [5, 5.41) is 4.38. The standard InChI is InChI=1S/C16H14BrN3O2S/c17-15-8-4-5-9-16(15)23(21,22)18-12-13-10-11-20(19-13)14-6-2-1-3-7-14/h1-11,18H,12H2. The van der Waals surface area contributed by atoms with Crippen molar-refractivity contribution in [3.05, 3.63) is 77.0 Å². The predicted octanol–water partition coefficient (Wildman–Crippen LogP) is 3.11. The Bertz CT molecular complexity index is 908. The van der Waals surface area contributed by atoms with Crippen LogP contribution in [0.1, 0.15) is 5.69 Å². The van der Waals surface area contributed by atoms with E-state index in [1.54, 1.807) is 41.2 Å². The molecule has 118 valence electrons. The van der Waals surface area contributed by atoms with Gasteiger partial charge in [-0.3, -0.25) is 0 Å². The molecule has 0 aliphatic carbocycles. The molecular weight excluding hydrogens is 378 g/mol. The van der Waals surface area contributed by atoms with Gasteiger partial charge in [0.15, 0.2) is 0 Å². The van der Waals surface area contributed by atoms with Gasteiger partial charge < -0.3 is 0 Å². The number of nitrogens with one attached hydrogen (secondary N) is 1. The highest BCUT2D eigenvalue weighted by molar-refractivity contribution is 9.10. The number of sulfonamides is 1. The van der Waals surface area contributed by atoms with E-state index in [1.165, 1.54) is 0 Å². The molecule has 0 bridgehead atoms. The van der Waals surface area contributed by atoms with Crippen LogP contribution in [0.5, 0.6) is 0 Å². The zero-order valence-electron chi connectivity index (χ0n) is 12.1. The number of aromatic nitrogens is 2. The van der Waals surface area contributed by atoms with Crippen LogP contribution < -0.4 is 4.72 Å². The zero-order valence-corrected chi connectivity index (χ0v) is 14.5. The summed E-state index contributed by atoms with van der Waals surface area (Å²) in [6.07, 6.45) is 1.80. The van der Waals surface area contributed by atoms with E-state index < -0.39 is 10.0 Å². The molecule has 0 spiro atoms. The largest absolute Gasteiger partial charge is 0.242 e. The van der Waals surface area contributed by atoms with E-state index in [4.69, 9.17) is 0 Å². The molecule has 0 saturated heterocycles. The van der Waals surface area contributed by atoms with Crippen molar-refractivity contribution >= 4 is 26.0 Å². The fourth-order valence-corrected chi connectivity index (χ4v) is 4.09. The molecule has 7 heteroatoms. The van der Waals surface area contributed by atoms with Crippen LogP contribution in [0.3, 0.4) is 0 Å². The Balaban J connectivity index is 1.74. The summed E-state index contributed by atoms with van der Waals surface area (Å²) in [5.74, 6) is 0. The number of halogens is 1. The lowest BCUT2D eigenvalue weighted by Gasteiger charge is -2.07. The molecule has 1 aromatic heterocycles. The van der Waals surface area contributed by atoms with Crippen molar-refractivity contribution < 1.29 is 8.42 Å². The Morgan fingerprint density at radius 3 is 2.43 bits per heavy atom. The van der Waals surface area contributed by atoms with Gasteiger partial charge in [0.1, 0.15) is 0 Å². The number of benzene rings is 2. The second-order valence-corrected chi connectivity index (χ2v) is 7.43. The van der Waals surface area contributed by atoms with Crippen molar-refractivity contribution in [1.82, 2.24) is 14.5 Å². The van der Waals surface area contributed by atoms with Crippen LogP contribution >= 0.6 is 15.9 Å². The molecule has 1 heterocycles. The molecule has 0 fully saturated rings. The van der Waals surface area contributed by atoms with Crippen LogP contribution in [0.2, 0.25) is 0 Å². The molecule has 0 amide bonds. The van der Waals surface area contributed by atoms with Gasteiger partial charge in [0, 0.05) is 10.7 Å². The van der Waals surface area contributed by atoms with Crippen molar-refractivity contribution in [1.29, 1.82) is 0 Å². The minimum Gasteiger partial charge on any atom is -0.241 e. The fraction of sp³-hybridized carbons (Fsp3) is 0.0625. The molecular formula is C16H14BrN3O2S. The monoisotopic (exact) mass is 391 g/mol. The van der Waals surface area contributed by atoms with Gasteiger partial charge in [-0.05, 0) is 46.3 Å². The first-order valence-electron chi connectivity index (χ1n) is 6.90. The second-order valence-electron chi connectivity index (χ2n) is 4.84. The Hall–Kier alpha value is -1.96. The molecule has 0 saturated carbocycles. The average Bonchev–Trinajstić information content (AvgIpc) is 3.03. The summed E-state index contributed by atoms with van der Waals surface area (Å²) in [6, 6.07) is 18.1. The summed E-state index contributed by atoms with van der Waals surface area (Å²) in [6.45, 7) is 0.128. The quantitative estimate of drug-likeness (QED) is 0.726. The van der Waals surface area contributed by atoms with Crippen LogP contribution in [0.4, 0.5) is 0 Å². The molecule has 5 nitrogen and oxygen atoms in total. The number of nitrogens with zero attached hydrogens (tertiary/aromatic N) is 2. The van der Waals surface area contributed by atoms with Crippen molar-refractivity contribution in [2.75, 3.05) is 0 Å². The Morgan fingerprint density at radius 2 is 1.70 bits per heavy atom. The summed E-state index contributed by atoms with van der Waals surface area (Å²) < 4.78 is 29.5. The topological polar surface area (TPSA) is 64.0 Å². The van der Waals surface area contributed by atoms with Gasteiger partial charge in [-0.1, -0.05) is 30.3 Å². The maximum absolute atomic E-state index is 12.3. The van der Waals surface area contributed by atoms with Gasteiger partial charge in [-0.25, -0.2) is 17.8 Å². The van der Waals surface area contributed by atoms with E-state index in [0.717, 1.165) is 5.69 Å². The highest BCUT2D eigenvalue weighted by atomic mass is 79.9. The van der Waals surface area contributed by atoms with Gasteiger partial charge >= 0.3 is 0 Å². The minimum absolute atomic E-state index is 0.128. The van der Waals surface area contributed by atoms with E-state index in [0.29, 0.717) is 10.2 Å². The number of hydrogen-bond donors (Lipinski definition) is 1. The summed E-state index contributed by atoms with van der Waals surface area (Å²) in [5.41, 5.74) is 1.57. The maximum Gasteiger partial charge on any atom is 0.242 e. The van der Waals surface area contributed by atoms with Gasteiger partial charge in [0.2, 0.25) is 10.0 Å². The lowest BCUT2D eigenvalue weighted by molar-refractivity contribution is 0.579. The fourth-order valence-electron chi connectivity index (χ4n) is 2.09. The molecule has 0 unspecified atom stereocenters. The van der Waals surface area contributed by atoms with Crippen LogP contribution in [0.15, 0.2) is 76.2 Å². The molecule has 0 aliphatic rings. The average molecular weight is 392 g/mol. The third-order valence-corrected chi connectivity index (χ3v) is 5.65. The smallest absolute Gasteiger partial charge is 0.241 e. The summed E-state index contributed by atoms with van der Waals surface area (Å²) >= 11 is 3.25. The highest BCUT2D eigenvalue weighted by Crippen LogP contribution is 2.21. The first-order chi connectivity index (χ1) is 11.1. The van der Waals surface area contributed by atoms with Gasteiger partial charge in [0.05, 0.1) is 22.8 Å². The molecule has 3 rings (SSSR count). The molecule has 1 N–H and O–H groups in total. The van der Waals surface area contributed by atoms with Crippen LogP contribution in [0, 0.1) is 0 Å². The Labute approximate surface area is 143 Å². The third-order valence-electron chi connectivity index (χ3n) is 3.23. The van der Waals surface area contributed by atoms with Crippen molar-refractivity contribution in [3.8, 4) is 5.69 Å². The van der Waals surface area contributed by atoms with E-state index in [-0.39, 0.29) is 11.4 Å². The molecule has 0 atom stereocenters. The van der Waals surface area contributed by atoms with Crippen LogP contribution in [-0.4, -0.2) is 18.2 Å². The van der Waals surface area contributed by atoms with Crippen LogP contribution in [0.25, 0.3) is 5.69 Å². The third kappa shape index (κ3) is 3.69. The number of para-hydroxylation sites is 1. The summed E-state index contributed by atoms with van der Waals surface area (Å²) in [4.78, 5) is 0.211. The Morgan fingerprint density at radius 1 is 1.00 bits per heavy atom. The van der Waals surface area contributed by atoms with E-state index >= 15 is 0 Å². The first-order valence-corrected chi connectivity index (χ1v) is 9.18. The second kappa shape index (κ2) is 6.66. The van der Waals surface area contributed by atoms with E-state index in [1.807, 2.05) is 30.3 Å². The van der Waals surface area contributed by atoms with Crippen molar-refractivity contribution in [3.63, 3.8) is 0 Å². The SMILES string of the molecule is O=S(=O)(NCc1ccn(-c2ccccc2)n1)c1ccccc1Br. The lowest BCUT2D eigenvalue weighted by Crippen LogP contribution is -2.23. The van der Waals surface area contributed by atoms with Gasteiger partial charge in [-0.2, -0.15) is 5.10 Å². The van der Waals surface area contributed by atoms with Gasteiger partial charge in [-0.15, -0.1) is 0 Å². The first kappa shape index (κ1) is 15.9. The lowest BCUT2D eigenvalue weighted by atomic mass is 10.3. The predicted molar refractivity (Wildman–Crippen MR) is 91.7 cm³/mol. The van der Waals surface area contributed by atoms with Crippen molar-refractivity contribution in [2.45, 2.75) is 11.4 Å². The highest BCUT2D eigenvalue weighted by Gasteiger charge is 2.17. The molecule has 0 radical (unpaired) electrons. The normalized spacial score (nSPS) is 11.5. The summed E-state index contributed by atoms with van der Waals surface area (Å²) in [7, 11) is -3.59. The molecule has 3 aromatic rings. The van der Waals surface area contributed by atoms with Gasteiger partial charge in [0.25, 0.3) is 0 Å². The molecule has 0 aliphatic heterocycles.